The Morgan fingerprint density at radius 3 is 2.42 bits per heavy atom. The number of rotatable bonds is 5. The smallest absolute Gasteiger partial charge is 0.244 e. The standard InChI is InChI=1S/C15H20N2O2/c16-15(19)14(12-8-2-1-3-9-12)17-13(18)10-11-6-4-5-7-11/h1-3,8-9,11,14H,4-7,10H2,(H2,16,19)(H,17,18)/t14-/m0/s1. The summed E-state index contributed by atoms with van der Waals surface area (Å²) in [6.07, 6.45) is 5.13. The Hall–Kier alpha value is -1.84. The third kappa shape index (κ3) is 3.81. The summed E-state index contributed by atoms with van der Waals surface area (Å²) in [6.45, 7) is 0. The molecule has 1 aromatic carbocycles. The normalized spacial score (nSPS) is 17.1. The Bertz CT molecular complexity index is 439. The number of hydrogen-bond acceptors (Lipinski definition) is 2. The van der Waals surface area contributed by atoms with E-state index in [2.05, 4.69) is 5.32 Å². The summed E-state index contributed by atoms with van der Waals surface area (Å²) in [5, 5.41) is 2.75. The van der Waals surface area contributed by atoms with Gasteiger partial charge in [-0.1, -0.05) is 43.2 Å². The molecule has 2 amide bonds. The lowest BCUT2D eigenvalue weighted by molar-refractivity contribution is -0.128. The van der Waals surface area contributed by atoms with Gasteiger partial charge in [0.05, 0.1) is 0 Å². The fourth-order valence-corrected chi connectivity index (χ4v) is 2.66. The number of primary amides is 1. The molecule has 0 aliphatic heterocycles. The van der Waals surface area contributed by atoms with Crippen LogP contribution in [-0.4, -0.2) is 11.8 Å². The largest absolute Gasteiger partial charge is 0.368 e. The summed E-state index contributed by atoms with van der Waals surface area (Å²) < 4.78 is 0. The Morgan fingerprint density at radius 2 is 1.84 bits per heavy atom. The zero-order chi connectivity index (χ0) is 13.7. The van der Waals surface area contributed by atoms with Crippen molar-refractivity contribution in [1.82, 2.24) is 5.32 Å². The molecule has 2 rings (SSSR count). The van der Waals surface area contributed by atoms with Gasteiger partial charge in [-0.2, -0.15) is 0 Å². The highest BCUT2D eigenvalue weighted by Gasteiger charge is 2.23. The molecule has 1 saturated carbocycles. The molecule has 1 aliphatic carbocycles. The topological polar surface area (TPSA) is 72.2 Å². The Kier molecular flexibility index (Phi) is 4.55. The van der Waals surface area contributed by atoms with Gasteiger partial charge < -0.3 is 11.1 Å². The van der Waals surface area contributed by atoms with E-state index >= 15 is 0 Å². The lowest BCUT2D eigenvalue weighted by Crippen LogP contribution is -2.38. The minimum Gasteiger partial charge on any atom is -0.368 e. The van der Waals surface area contributed by atoms with Gasteiger partial charge in [-0.25, -0.2) is 0 Å². The molecule has 0 saturated heterocycles. The van der Waals surface area contributed by atoms with Gasteiger partial charge >= 0.3 is 0 Å². The molecule has 0 heterocycles. The first-order chi connectivity index (χ1) is 9.16. The summed E-state index contributed by atoms with van der Waals surface area (Å²) in [4.78, 5) is 23.4. The van der Waals surface area contributed by atoms with Crippen molar-refractivity contribution >= 4 is 11.8 Å². The van der Waals surface area contributed by atoms with Crippen molar-refractivity contribution in [1.29, 1.82) is 0 Å². The van der Waals surface area contributed by atoms with Gasteiger partial charge in [-0.15, -0.1) is 0 Å². The second-order valence-corrected chi connectivity index (χ2v) is 5.17. The molecule has 0 radical (unpaired) electrons. The van der Waals surface area contributed by atoms with Crippen LogP contribution < -0.4 is 11.1 Å². The average Bonchev–Trinajstić information content (AvgIpc) is 2.89. The van der Waals surface area contributed by atoms with E-state index in [0.717, 1.165) is 18.4 Å². The molecule has 0 spiro atoms. The van der Waals surface area contributed by atoms with Crippen LogP contribution in [0, 0.1) is 5.92 Å². The molecular weight excluding hydrogens is 240 g/mol. The number of nitrogens with one attached hydrogen (secondary N) is 1. The third-order valence-electron chi connectivity index (χ3n) is 3.67. The SMILES string of the molecule is NC(=O)[C@@H](NC(=O)CC1CCCC1)c1ccccc1. The zero-order valence-corrected chi connectivity index (χ0v) is 11.0. The highest BCUT2D eigenvalue weighted by Crippen LogP contribution is 2.27. The number of hydrogen-bond donors (Lipinski definition) is 2. The average molecular weight is 260 g/mol. The van der Waals surface area contributed by atoms with Gasteiger partial charge in [0.25, 0.3) is 0 Å². The molecule has 19 heavy (non-hydrogen) atoms. The highest BCUT2D eigenvalue weighted by molar-refractivity contribution is 5.87. The van der Waals surface area contributed by atoms with Crippen LogP contribution in [0.5, 0.6) is 0 Å². The zero-order valence-electron chi connectivity index (χ0n) is 11.0. The number of benzene rings is 1. The van der Waals surface area contributed by atoms with Gasteiger partial charge in [-0.3, -0.25) is 9.59 Å². The van der Waals surface area contributed by atoms with Gasteiger partial charge in [-0.05, 0) is 24.3 Å². The van der Waals surface area contributed by atoms with Crippen molar-refractivity contribution in [2.45, 2.75) is 38.1 Å². The predicted molar refractivity (Wildman–Crippen MR) is 73.1 cm³/mol. The summed E-state index contributed by atoms with van der Waals surface area (Å²) in [7, 11) is 0. The van der Waals surface area contributed by atoms with Crippen molar-refractivity contribution < 1.29 is 9.59 Å². The van der Waals surface area contributed by atoms with E-state index in [1.807, 2.05) is 18.2 Å². The van der Waals surface area contributed by atoms with Crippen LogP contribution in [0.1, 0.15) is 43.7 Å². The molecule has 0 bridgehead atoms. The molecule has 3 N–H and O–H groups in total. The maximum atomic E-state index is 12.0. The van der Waals surface area contributed by atoms with Crippen LogP contribution in [0.2, 0.25) is 0 Å². The van der Waals surface area contributed by atoms with E-state index in [4.69, 9.17) is 5.73 Å². The van der Waals surface area contributed by atoms with Crippen molar-refractivity contribution in [2.24, 2.45) is 11.7 Å². The monoisotopic (exact) mass is 260 g/mol. The summed E-state index contributed by atoms with van der Waals surface area (Å²) >= 11 is 0. The molecule has 4 nitrogen and oxygen atoms in total. The molecule has 1 atom stereocenters. The van der Waals surface area contributed by atoms with Crippen LogP contribution in [0.4, 0.5) is 0 Å². The molecule has 1 aliphatic rings. The van der Waals surface area contributed by atoms with Gasteiger partial charge in [0.15, 0.2) is 0 Å². The van der Waals surface area contributed by atoms with Crippen molar-refractivity contribution in [3.63, 3.8) is 0 Å². The fourth-order valence-electron chi connectivity index (χ4n) is 2.66. The lowest BCUT2D eigenvalue weighted by Gasteiger charge is -2.17. The lowest BCUT2D eigenvalue weighted by atomic mass is 10.0. The number of nitrogens with two attached hydrogens (primary N) is 1. The highest BCUT2D eigenvalue weighted by atomic mass is 16.2. The predicted octanol–water partition coefficient (Wildman–Crippen LogP) is 1.91. The van der Waals surface area contributed by atoms with E-state index in [-0.39, 0.29) is 5.91 Å². The number of carbonyl (C=O) groups excluding carboxylic acids is 2. The van der Waals surface area contributed by atoms with Crippen molar-refractivity contribution in [2.75, 3.05) is 0 Å². The molecule has 1 fully saturated rings. The molecule has 4 heteroatoms. The second-order valence-electron chi connectivity index (χ2n) is 5.17. The van der Waals surface area contributed by atoms with Crippen molar-refractivity contribution in [3.05, 3.63) is 35.9 Å². The molecule has 102 valence electrons. The van der Waals surface area contributed by atoms with Gasteiger partial charge in [0, 0.05) is 6.42 Å². The van der Waals surface area contributed by atoms with Crippen LogP contribution in [0.25, 0.3) is 0 Å². The first-order valence-corrected chi connectivity index (χ1v) is 6.80. The van der Waals surface area contributed by atoms with E-state index in [1.165, 1.54) is 12.8 Å². The Labute approximate surface area is 113 Å². The van der Waals surface area contributed by atoms with Crippen LogP contribution in [0.3, 0.4) is 0 Å². The summed E-state index contributed by atoms with van der Waals surface area (Å²) in [6, 6.07) is 8.39. The van der Waals surface area contributed by atoms with Gasteiger partial charge in [0.2, 0.25) is 11.8 Å². The summed E-state index contributed by atoms with van der Waals surface area (Å²) in [5.41, 5.74) is 6.10. The molecular formula is C15H20N2O2. The van der Waals surface area contributed by atoms with Gasteiger partial charge in [0.1, 0.15) is 6.04 Å². The minimum atomic E-state index is -0.727. The van der Waals surface area contributed by atoms with Crippen molar-refractivity contribution in [3.8, 4) is 0 Å². The number of carbonyl (C=O) groups is 2. The fraction of sp³-hybridized carbons (Fsp3) is 0.467. The van der Waals surface area contributed by atoms with Crippen LogP contribution in [0.15, 0.2) is 30.3 Å². The first kappa shape index (κ1) is 13.6. The van der Waals surface area contributed by atoms with E-state index in [1.54, 1.807) is 12.1 Å². The quantitative estimate of drug-likeness (QED) is 0.848. The third-order valence-corrected chi connectivity index (χ3v) is 3.67. The molecule has 1 aromatic rings. The molecule has 0 unspecified atom stereocenters. The second kappa shape index (κ2) is 6.36. The van der Waals surface area contributed by atoms with E-state index < -0.39 is 11.9 Å². The summed E-state index contributed by atoms with van der Waals surface area (Å²) in [5.74, 6) is -0.144. The maximum absolute atomic E-state index is 12.0. The minimum absolute atomic E-state index is 0.0837. The Balaban J connectivity index is 1.97. The Morgan fingerprint density at radius 1 is 1.21 bits per heavy atom. The van der Waals surface area contributed by atoms with Crippen LogP contribution in [-0.2, 0) is 9.59 Å². The maximum Gasteiger partial charge on any atom is 0.244 e. The number of amides is 2. The first-order valence-electron chi connectivity index (χ1n) is 6.80. The van der Waals surface area contributed by atoms with E-state index in [9.17, 15) is 9.59 Å². The molecule has 0 aromatic heterocycles. The van der Waals surface area contributed by atoms with Crippen LogP contribution >= 0.6 is 0 Å². The van der Waals surface area contributed by atoms with E-state index in [0.29, 0.717) is 12.3 Å².